The molecule has 250 valence electrons. The number of allylic oxidation sites excluding steroid dienone is 2. The van der Waals surface area contributed by atoms with Crippen LogP contribution in [0, 0.1) is 11.6 Å². The average molecular weight is 672 g/mol. The van der Waals surface area contributed by atoms with E-state index in [4.69, 9.17) is 18.9 Å². The third kappa shape index (κ3) is 6.04. The minimum atomic E-state index is -1.79. The quantitative estimate of drug-likeness (QED) is 0.407. The van der Waals surface area contributed by atoms with Crippen LogP contribution in [0.15, 0.2) is 51.8 Å². The lowest BCUT2D eigenvalue weighted by Gasteiger charge is -2.52. The van der Waals surface area contributed by atoms with Gasteiger partial charge < -0.3 is 23.8 Å². The van der Waals surface area contributed by atoms with Gasteiger partial charge in [0.1, 0.15) is 11.8 Å². The van der Waals surface area contributed by atoms with Gasteiger partial charge in [-0.15, -0.1) is 11.8 Å². The number of fused-ring (bicyclic) bond motifs is 3. The summed E-state index contributed by atoms with van der Waals surface area (Å²) >= 11 is 1.40. The molecule has 2 atom stereocenters. The summed E-state index contributed by atoms with van der Waals surface area (Å²) in [4.78, 5) is 55.7. The molecule has 1 aromatic carbocycles. The third-order valence-corrected chi connectivity index (χ3v) is 9.37. The highest BCUT2D eigenvalue weighted by molar-refractivity contribution is 8.02. The molecule has 2 aromatic rings. The Hall–Kier alpha value is -4.17. The molecule has 0 bridgehead atoms. The van der Waals surface area contributed by atoms with Crippen LogP contribution in [0.4, 0.5) is 13.6 Å². The molecule has 0 N–H and O–H groups in total. The maximum Gasteiger partial charge on any atom is 0.515 e. The minimum absolute atomic E-state index is 0.0840. The lowest BCUT2D eigenvalue weighted by Crippen LogP contribution is -2.66. The number of pyridine rings is 1. The van der Waals surface area contributed by atoms with Crippen molar-refractivity contribution in [2.24, 2.45) is 0 Å². The van der Waals surface area contributed by atoms with Crippen molar-refractivity contribution in [1.29, 1.82) is 0 Å². The number of aromatic nitrogens is 1. The number of nitrogens with zero attached hydrogens (tertiary/aromatic N) is 3. The van der Waals surface area contributed by atoms with E-state index in [-0.39, 0.29) is 36.8 Å². The highest BCUT2D eigenvalue weighted by Crippen LogP contribution is 2.47. The first kappa shape index (κ1) is 32.8. The highest BCUT2D eigenvalue weighted by atomic mass is 32.2. The number of rotatable bonds is 4. The minimum Gasteiger partial charge on any atom is -0.457 e. The number of amides is 1. The molecular formula is C33H35F2N3O8S. The molecule has 1 saturated heterocycles. The van der Waals surface area contributed by atoms with Crippen LogP contribution in [-0.4, -0.2) is 64.7 Å². The molecule has 6 rings (SSSR count). The standard InChI is InChI=1S/C33H35F2N3O8S/c1-32(2,3)45-30(41)33(4,5)46-31(42)44-28-22(39)12-13-37-27(28)29(40)36-14-15-43-16-24(36)38(37)26-18-10-11-21(34)25(35)20(18)17-47-23-9-7-6-8-19(23)26/h7,9-13,24,26H,6,8,14-17H2,1-5H3/t24-,26+/m1/s1. The number of hydrogen-bond donors (Lipinski definition) is 0. The zero-order valence-corrected chi connectivity index (χ0v) is 27.4. The van der Waals surface area contributed by atoms with Crippen molar-refractivity contribution in [2.45, 2.75) is 76.6 Å². The van der Waals surface area contributed by atoms with Gasteiger partial charge in [-0.3, -0.25) is 19.3 Å². The first-order valence-electron chi connectivity index (χ1n) is 15.2. The normalized spacial score (nSPS) is 20.9. The number of morpholine rings is 1. The van der Waals surface area contributed by atoms with Gasteiger partial charge >= 0.3 is 12.1 Å². The van der Waals surface area contributed by atoms with Gasteiger partial charge in [0.05, 0.1) is 19.3 Å². The molecule has 0 spiro atoms. The van der Waals surface area contributed by atoms with Gasteiger partial charge in [-0.05, 0) is 64.7 Å². The second kappa shape index (κ2) is 12.1. The molecule has 1 aromatic heterocycles. The van der Waals surface area contributed by atoms with Crippen LogP contribution in [0.3, 0.4) is 0 Å². The van der Waals surface area contributed by atoms with Crippen molar-refractivity contribution >= 4 is 29.8 Å². The molecule has 4 heterocycles. The van der Waals surface area contributed by atoms with E-state index < -0.39 is 64.3 Å². The third-order valence-electron chi connectivity index (χ3n) is 8.23. The Morgan fingerprint density at radius 1 is 1.06 bits per heavy atom. The Bertz CT molecular complexity index is 1780. The first-order valence-corrected chi connectivity index (χ1v) is 16.2. The number of halogens is 2. The van der Waals surface area contributed by atoms with Crippen molar-refractivity contribution in [3.05, 3.63) is 85.7 Å². The predicted molar refractivity (Wildman–Crippen MR) is 167 cm³/mol. The summed E-state index contributed by atoms with van der Waals surface area (Å²) in [6.45, 7) is 8.05. The topological polar surface area (TPSA) is 117 Å². The molecule has 1 amide bonds. The smallest absolute Gasteiger partial charge is 0.457 e. The molecule has 0 radical (unpaired) electrons. The molecule has 0 unspecified atom stereocenters. The molecule has 3 aliphatic heterocycles. The fraction of sp³-hybridized carbons (Fsp3) is 0.455. The fourth-order valence-corrected chi connectivity index (χ4v) is 7.28. The molecule has 1 fully saturated rings. The van der Waals surface area contributed by atoms with E-state index in [1.54, 1.807) is 31.8 Å². The van der Waals surface area contributed by atoms with Gasteiger partial charge in [-0.25, -0.2) is 18.4 Å². The van der Waals surface area contributed by atoms with E-state index in [1.165, 1.54) is 41.4 Å². The predicted octanol–water partition coefficient (Wildman–Crippen LogP) is 5.10. The number of hydrogen-bond acceptors (Lipinski definition) is 10. The molecule has 4 aliphatic rings. The van der Waals surface area contributed by atoms with Crippen molar-refractivity contribution in [3.63, 3.8) is 0 Å². The number of thioether (sulfide) groups is 1. The van der Waals surface area contributed by atoms with Gasteiger partial charge in [-0.1, -0.05) is 18.2 Å². The number of esters is 1. The van der Waals surface area contributed by atoms with Gasteiger partial charge in [0.25, 0.3) is 5.91 Å². The SMILES string of the molecule is CC(C)(C)OC(=O)C(C)(C)OC(=O)Oc1c2n(ccc1=O)N([C@@H]1C3=C(C=CCC3)SCc3c1ccc(F)c3F)[C@@H]1COCCN1C2=O. The molecule has 0 saturated carbocycles. The molecule has 1 aliphatic carbocycles. The zero-order valence-electron chi connectivity index (χ0n) is 26.6. The van der Waals surface area contributed by atoms with E-state index >= 15 is 4.39 Å². The Morgan fingerprint density at radius 3 is 2.57 bits per heavy atom. The zero-order chi connectivity index (χ0) is 33.8. The summed E-state index contributed by atoms with van der Waals surface area (Å²) in [6.07, 6.45) is 4.57. The number of ether oxygens (including phenoxy) is 4. The van der Waals surface area contributed by atoms with Gasteiger partial charge in [0, 0.05) is 35.0 Å². The van der Waals surface area contributed by atoms with E-state index in [2.05, 4.69) is 0 Å². The Balaban J connectivity index is 1.48. The van der Waals surface area contributed by atoms with Crippen LogP contribution < -0.4 is 15.2 Å². The number of carbonyl (C=O) groups excluding carboxylic acids is 3. The Labute approximate surface area is 274 Å². The monoisotopic (exact) mass is 671 g/mol. The lowest BCUT2D eigenvalue weighted by atomic mass is 9.88. The maximum absolute atomic E-state index is 15.4. The lowest BCUT2D eigenvalue weighted by molar-refractivity contribution is -0.174. The Kier molecular flexibility index (Phi) is 8.45. The van der Waals surface area contributed by atoms with Gasteiger partial charge in [-0.2, -0.15) is 0 Å². The van der Waals surface area contributed by atoms with Crippen molar-refractivity contribution in [3.8, 4) is 5.75 Å². The van der Waals surface area contributed by atoms with Crippen LogP contribution in [0.2, 0.25) is 0 Å². The highest BCUT2D eigenvalue weighted by Gasteiger charge is 2.47. The van der Waals surface area contributed by atoms with Gasteiger partial charge in [0.15, 0.2) is 17.3 Å². The maximum atomic E-state index is 15.4. The molecule has 47 heavy (non-hydrogen) atoms. The van der Waals surface area contributed by atoms with E-state index in [9.17, 15) is 23.6 Å². The van der Waals surface area contributed by atoms with Crippen LogP contribution in [0.25, 0.3) is 0 Å². The Morgan fingerprint density at radius 2 is 1.83 bits per heavy atom. The van der Waals surface area contributed by atoms with Crippen molar-refractivity contribution in [1.82, 2.24) is 9.58 Å². The second-order valence-electron chi connectivity index (χ2n) is 13.1. The van der Waals surface area contributed by atoms with Crippen LogP contribution >= 0.6 is 11.8 Å². The van der Waals surface area contributed by atoms with Crippen molar-refractivity contribution < 1.29 is 42.1 Å². The molecular weight excluding hydrogens is 636 g/mol. The van der Waals surface area contributed by atoms with Gasteiger partial charge in [0.2, 0.25) is 16.8 Å². The van der Waals surface area contributed by atoms with E-state index in [0.29, 0.717) is 18.4 Å². The summed E-state index contributed by atoms with van der Waals surface area (Å²) < 4.78 is 53.3. The second-order valence-corrected chi connectivity index (χ2v) is 14.1. The van der Waals surface area contributed by atoms with Crippen LogP contribution in [0.5, 0.6) is 5.75 Å². The summed E-state index contributed by atoms with van der Waals surface area (Å²) in [5, 5.41) is 1.80. The average Bonchev–Trinajstić information content (AvgIpc) is 3.17. The van der Waals surface area contributed by atoms with E-state index in [1.807, 2.05) is 12.2 Å². The van der Waals surface area contributed by atoms with Crippen LogP contribution in [-0.2, 0) is 24.8 Å². The largest absolute Gasteiger partial charge is 0.515 e. The summed E-state index contributed by atoms with van der Waals surface area (Å²) in [5.41, 5.74) is -2.09. The molecule has 14 heteroatoms. The number of carbonyl (C=O) groups is 3. The summed E-state index contributed by atoms with van der Waals surface area (Å²) in [6, 6.07) is 3.06. The fourth-order valence-electron chi connectivity index (χ4n) is 6.10. The first-order chi connectivity index (χ1) is 22.2. The van der Waals surface area contributed by atoms with Crippen molar-refractivity contribution in [2.75, 3.05) is 24.8 Å². The molecule has 11 nitrogen and oxygen atoms in total. The number of benzene rings is 1. The summed E-state index contributed by atoms with van der Waals surface area (Å²) in [5.74, 6) is -3.79. The van der Waals surface area contributed by atoms with E-state index in [0.717, 1.165) is 22.6 Å². The van der Waals surface area contributed by atoms with Crippen LogP contribution in [0.1, 0.15) is 75.1 Å². The summed E-state index contributed by atoms with van der Waals surface area (Å²) in [7, 11) is 0.